The van der Waals surface area contributed by atoms with Gasteiger partial charge in [-0.1, -0.05) is 0 Å². The summed E-state index contributed by atoms with van der Waals surface area (Å²) < 4.78 is 7.82. The maximum atomic E-state index is 10.4. The van der Waals surface area contributed by atoms with Gasteiger partial charge in [0.2, 0.25) is 0 Å². The molecule has 2 fully saturated rings. The second-order valence-corrected chi connectivity index (χ2v) is 7.87. The van der Waals surface area contributed by atoms with Gasteiger partial charge in [0, 0.05) is 31.9 Å². The Morgan fingerprint density at radius 2 is 2.08 bits per heavy atom. The van der Waals surface area contributed by atoms with Crippen LogP contribution in [-0.2, 0) is 11.2 Å². The zero-order valence-electron chi connectivity index (χ0n) is 14.9. The Bertz CT molecular complexity index is 721. The van der Waals surface area contributed by atoms with E-state index in [2.05, 4.69) is 20.0 Å². The molecular formula is C18H27N5O2. The van der Waals surface area contributed by atoms with Crippen LogP contribution in [0.5, 0.6) is 0 Å². The molecule has 2 aromatic heterocycles. The van der Waals surface area contributed by atoms with E-state index in [-0.39, 0.29) is 5.60 Å². The van der Waals surface area contributed by atoms with E-state index in [9.17, 15) is 5.11 Å². The van der Waals surface area contributed by atoms with Crippen LogP contribution in [0, 0.1) is 0 Å². The Labute approximate surface area is 148 Å². The van der Waals surface area contributed by atoms with E-state index in [4.69, 9.17) is 4.74 Å². The molecular weight excluding hydrogens is 318 g/mol. The van der Waals surface area contributed by atoms with Gasteiger partial charge in [-0.15, -0.1) is 0 Å². The molecule has 7 nitrogen and oxygen atoms in total. The molecule has 0 aromatic carbocycles. The van der Waals surface area contributed by atoms with Crippen molar-refractivity contribution in [2.24, 2.45) is 0 Å². The zero-order chi connectivity index (χ0) is 17.3. The molecule has 0 bridgehead atoms. The van der Waals surface area contributed by atoms with Gasteiger partial charge >= 0.3 is 0 Å². The third kappa shape index (κ3) is 3.83. The van der Waals surface area contributed by atoms with Gasteiger partial charge < -0.3 is 14.7 Å². The molecule has 0 amide bonds. The molecule has 2 aromatic rings. The molecule has 136 valence electrons. The predicted octanol–water partition coefficient (Wildman–Crippen LogP) is 1.45. The van der Waals surface area contributed by atoms with Crippen LogP contribution in [0.4, 0.5) is 0 Å². The maximum absolute atomic E-state index is 10.4. The predicted molar refractivity (Wildman–Crippen MR) is 93.3 cm³/mol. The number of aryl methyl sites for hydroxylation is 1. The molecule has 4 rings (SSSR count). The SMILES string of the molecule is CC1(O)CCOC2(CCN(CCCc3cnc4ncnn4c3)CC2)C1. The summed E-state index contributed by atoms with van der Waals surface area (Å²) in [6, 6.07) is 0. The number of hydrogen-bond donors (Lipinski definition) is 1. The largest absolute Gasteiger partial charge is 0.390 e. The molecule has 1 atom stereocenters. The van der Waals surface area contributed by atoms with Crippen molar-refractivity contribution in [1.82, 2.24) is 24.5 Å². The molecule has 7 heteroatoms. The zero-order valence-corrected chi connectivity index (χ0v) is 14.9. The number of fused-ring (bicyclic) bond motifs is 1. The number of rotatable bonds is 4. The average Bonchev–Trinajstić information content (AvgIpc) is 3.04. The number of piperidine rings is 1. The fraction of sp³-hybridized carbons (Fsp3) is 0.722. The highest BCUT2D eigenvalue weighted by Crippen LogP contribution is 2.39. The summed E-state index contributed by atoms with van der Waals surface area (Å²) >= 11 is 0. The summed E-state index contributed by atoms with van der Waals surface area (Å²) in [6.45, 7) is 5.82. The Morgan fingerprint density at radius 3 is 2.88 bits per heavy atom. The summed E-state index contributed by atoms with van der Waals surface area (Å²) in [7, 11) is 0. The molecule has 0 saturated carbocycles. The van der Waals surface area contributed by atoms with E-state index in [1.807, 2.05) is 19.3 Å². The van der Waals surface area contributed by atoms with E-state index in [0.29, 0.717) is 12.4 Å². The minimum atomic E-state index is -0.562. The fourth-order valence-corrected chi connectivity index (χ4v) is 4.22. The van der Waals surface area contributed by atoms with Crippen LogP contribution >= 0.6 is 0 Å². The van der Waals surface area contributed by atoms with Gasteiger partial charge in [-0.25, -0.2) is 9.50 Å². The van der Waals surface area contributed by atoms with E-state index in [1.54, 1.807) is 4.52 Å². The summed E-state index contributed by atoms with van der Waals surface area (Å²) in [4.78, 5) is 10.9. The Balaban J connectivity index is 1.25. The van der Waals surface area contributed by atoms with Gasteiger partial charge in [0.05, 0.1) is 17.8 Å². The van der Waals surface area contributed by atoms with Crippen LogP contribution in [0.1, 0.15) is 44.6 Å². The van der Waals surface area contributed by atoms with E-state index in [0.717, 1.165) is 58.2 Å². The highest BCUT2D eigenvalue weighted by molar-refractivity contribution is 5.25. The van der Waals surface area contributed by atoms with Gasteiger partial charge in [-0.3, -0.25) is 0 Å². The lowest BCUT2D eigenvalue weighted by atomic mass is 9.78. The Kier molecular flexibility index (Phi) is 4.47. The Morgan fingerprint density at radius 1 is 1.24 bits per heavy atom. The topological polar surface area (TPSA) is 75.8 Å². The van der Waals surface area contributed by atoms with Gasteiger partial charge in [0.15, 0.2) is 0 Å². The number of aromatic nitrogens is 4. The van der Waals surface area contributed by atoms with Crippen LogP contribution in [0.15, 0.2) is 18.7 Å². The van der Waals surface area contributed by atoms with Gasteiger partial charge in [-0.05, 0) is 51.1 Å². The van der Waals surface area contributed by atoms with E-state index >= 15 is 0 Å². The number of aliphatic hydroxyl groups is 1. The summed E-state index contributed by atoms with van der Waals surface area (Å²) in [6.07, 6.45) is 11.1. The second-order valence-electron chi connectivity index (χ2n) is 7.87. The fourth-order valence-electron chi connectivity index (χ4n) is 4.22. The first kappa shape index (κ1) is 16.9. The van der Waals surface area contributed by atoms with Crippen molar-refractivity contribution >= 4 is 5.78 Å². The standard InChI is InChI=1S/C18H27N5O2/c1-17(24)6-10-25-18(13-17)4-8-22(9-5-18)7-2-3-15-11-19-16-20-14-21-23(16)12-15/h11-12,14,24H,2-10,13H2,1H3. The van der Waals surface area contributed by atoms with Crippen LogP contribution in [0.3, 0.4) is 0 Å². The molecule has 2 saturated heterocycles. The normalized spacial score (nSPS) is 27.1. The second kappa shape index (κ2) is 6.63. The van der Waals surface area contributed by atoms with Gasteiger partial charge in [-0.2, -0.15) is 10.1 Å². The molecule has 2 aliphatic heterocycles. The minimum absolute atomic E-state index is 0.0969. The first-order valence-electron chi connectivity index (χ1n) is 9.27. The average molecular weight is 345 g/mol. The van der Waals surface area contributed by atoms with E-state index < -0.39 is 5.60 Å². The molecule has 1 N–H and O–H groups in total. The molecule has 1 unspecified atom stereocenters. The van der Waals surface area contributed by atoms with Crippen LogP contribution in [0.2, 0.25) is 0 Å². The lowest BCUT2D eigenvalue weighted by Crippen LogP contribution is -2.53. The van der Waals surface area contributed by atoms with Crippen LogP contribution in [-0.4, -0.2) is 67.0 Å². The molecule has 25 heavy (non-hydrogen) atoms. The smallest absolute Gasteiger partial charge is 0.252 e. The van der Waals surface area contributed by atoms with Crippen molar-refractivity contribution in [2.45, 2.75) is 56.7 Å². The number of ether oxygens (including phenoxy) is 1. The third-order valence-electron chi connectivity index (χ3n) is 5.65. The number of hydrogen-bond acceptors (Lipinski definition) is 6. The quantitative estimate of drug-likeness (QED) is 0.904. The lowest BCUT2D eigenvalue weighted by molar-refractivity contribution is -0.172. The monoisotopic (exact) mass is 345 g/mol. The first-order valence-corrected chi connectivity index (χ1v) is 9.27. The van der Waals surface area contributed by atoms with E-state index in [1.165, 1.54) is 11.9 Å². The van der Waals surface area contributed by atoms with Gasteiger partial charge in [0.25, 0.3) is 5.78 Å². The van der Waals surface area contributed by atoms with Crippen molar-refractivity contribution < 1.29 is 9.84 Å². The molecule has 1 spiro atoms. The maximum Gasteiger partial charge on any atom is 0.252 e. The number of likely N-dealkylation sites (tertiary alicyclic amines) is 1. The van der Waals surface area contributed by atoms with Crippen molar-refractivity contribution in [1.29, 1.82) is 0 Å². The third-order valence-corrected chi connectivity index (χ3v) is 5.65. The summed E-state index contributed by atoms with van der Waals surface area (Å²) in [5.41, 5.74) is 0.534. The summed E-state index contributed by atoms with van der Waals surface area (Å²) in [5.74, 6) is 0.647. The lowest BCUT2D eigenvalue weighted by Gasteiger charge is -2.48. The molecule has 2 aliphatic rings. The molecule has 0 aliphatic carbocycles. The highest BCUT2D eigenvalue weighted by Gasteiger charge is 2.44. The van der Waals surface area contributed by atoms with Gasteiger partial charge in [0.1, 0.15) is 6.33 Å². The number of nitrogens with zero attached hydrogens (tertiary/aromatic N) is 5. The van der Waals surface area contributed by atoms with Crippen molar-refractivity contribution in [3.63, 3.8) is 0 Å². The van der Waals surface area contributed by atoms with Crippen LogP contribution < -0.4 is 0 Å². The summed E-state index contributed by atoms with van der Waals surface area (Å²) in [5, 5.41) is 14.5. The van der Waals surface area contributed by atoms with Crippen molar-refractivity contribution in [3.05, 3.63) is 24.3 Å². The van der Waals surface area contributed by atoms with Crippen molar-refractivity contribution in [3.8, 4) is 0 Å². The molecule has 0 radical (unpaired) electrons. The van der Waals surface area contributed by atoms with Crippen LogP contribution in [0.25, 0.3) is 5.78 Å². The van der Waals surface area contributed by atoms with Crippen molar-refractivity contribution in [2.75, 3.05) is 26.2 Å². The minimum Gasteiger partial charge on any atom is -0.390 e. The highest BCUT2D eigenvalue weighted by atomic mass is 16.5. The Hall–Kier alpha value is -1.57. The molecule has 4 heterocycles. The first-order chi connectivity index (χ1) is 12.0.